The molecule has 0 atom stereocenters. The molecule has 0 N–H and O–H groups in total. The highest BCUT2D eigenvalue weighted by Gasteiger charge is 2.47. The molecular formula is C21H33N3O. The predicted octanol–water partition coefficient (Wildman–Crippen LogP) is 2.68. The maximum atomic E-state index is 12.9. The van der Waals surface area contributed by atoms with Crippen molar-refractivity contribution in [2.45, 2.75) is 39.7 Å². The van der Waals surface area contributed by atoms with Gasteiger partial charge in [0.1, 0.15) is 0 Å². The Labute approximate surface area is 152 Å². The first kappa shape index (κ1) is 18.4. The minimum atomic E-state index is -0.0642. The van der Waals surface area contributed by atoms with E-state index in [4.69, 9.17) is 0 Å². The molecule has 2 saturated heterocycles. The monoisotopic (exact) mass is 343 g/mol. The first-order valence-electron chi connectivity index (χ1n) is 9.62. The normalized spacial score (nSPS) is 20.8. The van der Waals surface area contributed by atoms with Crippen molar-refractivity contribution in [3.63, 3.8) is 0 Å². The van der Waals surface area contributed by atoms with Crippen LogP contribution < -0.4 is 0 Å². The Morgan fingerprint density at radius 3 is 2.20 bits per heavy atom. The number of benzene rings is 1. The number of rotatable bonds is 5. The van der Waals surface area contributed by atoms with Crippen LogP contribution in [0.2, 0.25) is 0 Å². The lowest BCUT2D eigenvalue weighted by atomic mass is 9.77. The number of aryl methyl sites for hydroxylation is 2. The van der Waals surface area contributed by atoms with Crippen molar-refractivity contribution >= 4 is 5.91 Å². The molecule has 2 aliphatic heterocycles. The number of amides is 1. The number of nitrogens with zero attached hydrogens (tertiary/aromatic N) is 3. The number of carbonyl (C=O) groups is 1. The van der Waals surface area contributed by atoms with Gasteiger partial charge in [-0.05, 0) is 65.9 Å². The smallest absolute Gasteiger partial charge is 0.228 e. The number of hydrogen-bond donors (Lipinski definition) is 0. The molecule has 2 aliphatic rings. The van der Waals surface area contributed by atoms with Gasteiger partial charge in [0.05, 0.1) is 5.41 Å². The van der Waals surface area contributed by atoms with Gasteiger partial charge in [-0.2, -0.15) is 0 Å². The summed E-state index contributed by atoms with van der Waals surface area (Å²) in [5.41, 5.74) is 4.02. The number of carbonyl (C=O) groups excluding carboxylic acids is 1. The Morgan fingerprint density at radius 1 is 1.00 bits per heavy atom. The largest absolute Gasteiger partial charge is 0.341 e. The first-order valence-corrected chi connectivity index (χ1v) is 9.62. The van der Waals surface area contributed by atoms with Crippen molar-refractivity contribution in [3.05, 3.63) is 34.9 Å². The molecule has 1 amide bonds. The summed E-state index contributed by atoms with van der Waals surface area (Å²) in [7, 11) is 4.14. The van der Waals surface area contributed by atoms with E-state index in [0.717, 1.165) is 58.5 Å². The Hall–Kier alpha value is -1.39. The molecule has 0 radical (unpaired) electrons. The van der Waals surface area contributed by atoms with E-state index in [-0.39, 0.29) is 5.41 Å². The second-order valence-corrected chi connectivity index (χ2v) is 8.40. The third-order valence-electron chi connectivity index (χ3n) is 5.92. The van der Waals surface area contributed by atoms with Crippen molar-refractivity contribution in [3.8, 4) is 0 Å². The summed E-state index contributed by atoms with van der Waals surface area (Å²) < 4.78 is 0. The Kier molecular flexibility index (Phi) is 5.49. The SMILES string of the molecule is Cc1cc(C)cc(CN2CCC3(CC2)CCN(CCN(C)C)C3=O)c1. The fourth-order valence-corrected chi connectivity index (χ4v) is 4.45. The molecule has 2 heterocycles. The fourth-order valence-electron chi connectivity index (χ4n) is 4.45. The van der Waals surface area contributed by atoms with Crippen molar-refractivity contribution in [2.75, 3.05) is 46.8 Å². The van der Waals surface area contributed by atoms with Crippen molar-refractivity contribution < 1.29 is 4.79 Å². The lowest BCUT2D eigenvalue weighted by molar-refractivity contribution is -0.138. The third kappa shape index (κ3) is 4.24. The molecule has 0 unspecified atom stereocenters. The first-order chi connectivity index (χ1) is 11.9. The van der Waals surface area contributed by atoms with Crippen molar-refractivity contribution in [2.24, 2.45) is 5.41 Å². The minimum absolute atomic E-state index is 0.0642. The van der Waals surface area contributed by atoms with Crippen LogP contribution in [-0.4, -0.2) is 67.4 Å². The van der Waals surface area contributed by atoms with Crippen LogP contribution in [0.4, 0.5) is 0 Å². The summed E-state index contributed by atoms with van der Waals surface area (Å²) in [5.74, 6) is 0.417. The molecule has 25 heavy (non-hydrogen) atoms. The van der Waals surface area contributed by atoms with Crippen molar-refractivity contribution in [1.82, 2.24) is 14.7 Å². The van der Waals surface area contributed by atoms with Crippen LogP contribution in [0.3, 0.4) is 0 Å². The zero-order chi connectivity index (χ0) is 18.0. The summed E-state index contributed by atoms with van der Waals surface area (Å²) in [6.45, 7) is 10.2. The molecule has 0 aromatic heterocycles. The molecule has 0 saturated carbocycles. The van der Waals surface area contributed by atoms with E-state index in [2.05, 4.69) is 60.8 Å². The van der Waals surface area contributed by atoms with Gasteiger partial charge < -0.3 is 9.80 Å². The molecule has 1 aromatic rings. The predicted molar refractivity (Wildman–Crippen MR) is 103 cm³/mol. The molecule has 4 nitrogen and oxygen atoms in total. The Bertz CT molecular complexity index is 597. The van der Waals surface area contributed by atoms with E-state index in [0.29, 0.717) is 5.91 Å². The van der Waals surface area contributed by atoms with Gasteiger partial charge in [-0.15, -0.1) is 0 Å². The molecule has 0 aliphatic carbocycles. The van der Waals surface area contributed by atoms with Crippen LogP contribution in [-0.2, 0) is 11.3 Å². The standard InChI is InChI=1S/C21H33N3O/c1-17-13-18(2)15-19(14-17)16-23-8-5-21(6-9-23)7-10-24(20(21)25)12-11-22(3)4/h13-15H,5-12,16H2,1-4H3. The van der Waals surface area contributed by atoms with Gasteiger partial charge in [-0.3, -0.25) is 9.69 Å². The average molecular weight is 344 g/mol. The number of likely N-dealkylation sites (tertiary alicyclic amines) is 2. The van der Waals surface area contributed by atoms with Crippen LogP contribution in [0.5, 0.6) is 0 Å². The highest BCUT2D eigenvalue weighted by atomic mass is 16.2. The Morgan fingerprint density at radius 2 is 1.60 bits per heavy atom. The molecule has 4 heteroatoms. The molecule has 2 fully saturated rings. The lowest BCUT2D eigenvalue weighted by Crippen LogP contribution is -2.45. The lowest BCUT2D eigenvalue weighted by Gasteiger charge is -2.38. The van der Waals surface area contributed by atoms with E-state index in [9.17, 15) is 4.79 Å². The highest BCUT2D eigenvalue weighted by molar-refractivity contribution is 5.85. The van der Waals surface area contributed by atoms with E-state index < -0.39 is 0 Å². The summed E-state index contributed by atoms with van der Waals surface area (Å²) in [4.78, 5) is 19.7. The van der Waals surface area contributed by atoms with Crippen LogP contribution in [0.15, 0.2) is 18.2 Å². The highest BCUT2D eigenvalue weighted by Crippen LogP contribution is 2.41. The van der Waals surface area contributed by atoms with Gasteiger partial charge in [0.25, 0.3) is 0 Å². The van der Waals surface area contributed by atoms with E-state index in [1.165, 1.54) is 16.7 Å². The number of likely N-dealkylation sites (N-methyl/N-ethyl adjacent to an activating group) is 1. The summed E-state index contributed by atoms with van der Waals surface area (Å²) in [6, 6.07) is 6.82. The second-order valence-electron chi connectivity index (χ2n) is 8.40. The van der Waals surface area contributed by atoms with Crippen LogP contribution in [0.25, 0.3) is 0 Å². The van der Waals surface area contributed by atoms with Crippen LogP contribution in [0, 0.1) is 19.3 Å². The summed E-state index contributed by atoms with van der Waals surface area (Å²) in [6.07, 6.45) is 3.10. The quantitative estimate of drug-likeness (QED) is 0.822. The van der Waals surface area contributed by atoms with E-state index in [1.807, 2.05) is 0 Å². The number of piperidine rings is 1. The number of hydrogen-bond acceptors (Lipinski definition) is 3. The van der Waals surface area contributed by atoms with Gasteiger partial charge in [0.15, 0.2) is 0 Å². The van der Waals surface area contributed by atoms with Gasteiger partial charge in [-0.25, -0.2) is 0 Å². The van der Waals surface area contributed by atoms with Crippen molar-refractivity contribution in [1.29, 1.82) is 0 Å². The molecule has 1 spiro atoms. The van der Waals surface area contributed by atoms with E-state index >= 15 is 0 Å². The van der Waals surface area contributed by atoms with Crippen LogP contribution in [0.1, 0.15) is 36.0 Å². The maximum Gasteiger partial charge on any atom is 0.228 e. The zero-order valence-corrected chi connectivity index (χ0v) is 16.3. The Balaban J connectivity index is 1.55. The van der Waals surface area contributed by atoms with Crippen LogP contribution >= 0.6 is 0 Å². The van der Waals surface area contributed by atoms with E-state index in [1.54, 1.807) is 0 Å². The maximum absolute atomic E-state index is 12.9. The van der Waals surface area contributed by atoms with Gasteiger partial charge in [0.2, 0.25) is 5.91 Å². The molecule has 3 rings (SSSR count). The molecular weight excluding hydrogens is 310 g/mol. The topological polar surface area (TPSA) is 26.8 Å². The third-order valence-corrected chi connectivity index (χ3v) is 5.92. The fraction of sp³-hybridized carbons (Fsp3) is 0.667. The van der Waals surface area contributed by atoms with Gasteiger partial charge in [0, 0.05) is 26.2 Å². The molecule has 0 bridgehead atoms. The van der Waals surface area contributed by atoms with Gasteiger partial charge in [-0.1, -0.05) is 29.3 Å². The average Bonchev–Trinajstić information content (AvgIpc) is 2.83. The summed E-state index contributed by atoms with van der Waals surface area (Å²) in [5, 5.41) is 0. The molecule has 138 valence electrons. The van der Waals surface area contributed by atoms with Gasteiger partial charge >= 0.3 is 0 Å². The molecule has 1 aromatic carbocycles. The zero-order valence-electron chi connectivity index (χ0n) is 16.3. The second kappa shape index (κ2) is 7.46. The minimum Gasteiger partial charge on any atom is -0.341 e. The summed E-state index contributed by atoms with van der Waals surface area (Å²) >= 11 is 0.